The summed E-state index contributed by atoms with van der Waals surface area (Å²) in [7, 11) is 1.60. The molecule has 4 saturated carbocycles. The number of nitrogens with zero attached hydrogens (tertiary/aromatic N) is 2. The minimum atomic E-state index is -0.528. The SMILES string of the molecule is COc1nccnc1C(O)C12CC3CC(CC(C3)C1)C2. The van der Waals surface area contributed by atoms with Crippen LogP contribution in [0, 0.1) is 23.2 Å². The maximum atomic E-state index is 11.0. The molecule has 20 heavy (non-hydrogen) atoms. The van der Waals surface area contributed by atoms with E-state index >= 15 is 0 Å². The Bertz CT molecular complexity index is 482. The van der Waals surface area contributed by atoms with E-state index in [0.29, 0.717) is 11.6 Å². The maximum Gasteiger partial charge on any atom is 0.238 e. The van der Waals surface area contributed by atoms with E-state index in [1.165, 1.54) is 19.3 Å². The van der Waals surface area contributed by atoms with Crippen LogP contribution in [0.2, 0.25) is 0 Å². The molecule has 4 aliphatic carbocycles. The van der Waals surface area contributed by atoms with E-state index < -0.39 is 6.10 Å². The lowest BCUT2D eigenvalue weighted by Gasteiger charge is -2.58. The molecule has 5 rings (SSSR count). The van der Waals surface area contributed by atoms with E-state index in [1.54, 1.807) is 19.5 Å². The molecule has 0 spiro atoms. The van der Waals surface area contributed by atoms with Gasteiger partial charge in [0.25, 0.3) is 0 Å². The molecule has 0 aromatic carbocycles. The Morgan fingerprint density at radius 2 is 1.65 bits per heavy atom. The fourth-order valence-corrected chi connectivity index (χ4v) is 5.48. The standard InChI is InChI=1S/C16H22N2O2/c1-20-15-13(17-2-3-18-15)14(19)16-7-10-4-11(8-16)6-12(5-10)9-16/h2-3,10-12,14,19H,4-9H2,1H3. The second-order valence-electron chi connectivity index (χ2n) is 7.13. The zero-order valence-corrected chi connectivity index (χ0v) is 12.0. The summed E-state index contributed by atoms with van der Waals surface area (Å²) in [6.07, 6.45) is 10.3. The number of aromatic nitrogens is 2. The third-order valence-corrected chi connectivity index (χ3v) is 5.81. The first-order valence-corrected chi connectivity index (χ1v) is 7.73. The normalized spacial score (nSPS) is 39.8. The highest BCUT2D eigenvalue weighted by molar-refractivity contribution is 5.23. The smallest absolute Gasteiger partial charge is 0.238 e. The van der Waals surface area contributed by atoms with Gasteiger partial charge in [-0.1, -0.05) is 0 Å². The quantitative estimate of drug-likeness (QED) is 0.920. The van der Waals surface area contributed by atoms with Crippen LogP contribution in [0.1, 0.15) is 50.3 Å². The van der Waals surface area contributed by atoms with Gasteiger partial charge in [-0.25, -0.2) is 4.98 Å². The van der Waals surface area contributed by atoms with Crippen LogP contribution in [0.25, 0.3) is 0 Å². The summed E-state index contributed by atoms with van der Waals surface area (Å²) >= 11 is 0. The summed E-state index contributed by atoms with van der Waals surface area (Å²) in [5.41, 5.74) is 0.662. The van der Waals surface area contributed by atoms with Crippen LogP contribution in [0.4, 0.5) is 0 Å². The number of rotatable bonds is 3. The maximum absolute atomic E-state index is 11.0. The Hall–Kier alpha value is -1.16. The Balaban J connectivity index is 1.69. The highest BCUT2D eigenvalue weighted by atomic mass is 16.5. The molecule has 4 aliphatic rings. The minimum absolute atomic E-state index is 0.0259. The summed E-state index contributed by atoms with van der Waals surface area (Å²) in [5.74, 6) is 2.94. The average molecular weight is 274 g/mol. The summed E-state index contributed by atoms with van der Waals surface area (Å²) in [5, 5.41) is 11.0. The second kappa shape index (κ2) is 4.42. The van der Waals surface area contributed by atoms with Crippen molar-refractivity contribution in [2.45, 2.75) is 44.6 Å². The molecule has 1 aromatic heterocycles. The molecular weight excluding hydrogens is 252 g/mol. The zero-order valence-electron chi connectivity index (χ0n) is 12.0. The van der Waals surface area contributed by atoms with Crippen LogP contribution in [0.15, 0.2) is 12.4 Å². The first-order chi connectivity index (χ1) is 9.70. The van der Waals surface area contributed by atoms with Gasteiger partial charge in [0.15, 0.2) is 0 Å². The lowest BCUT2D eigenvalue weighted by molar-refractivity contribution is -0.124. The predicted octanol–water partition coefficient (Wildman–Crippen LogP) is 2.74. The summed E-state index contributed by atoms with van der Waals surface area (Å²) in [6, 6.07) is 0. The third-order valence-electron chi connectivity index (χ3n) is 5.81. The van der Waals surface area contributed by atoms with Gasteiger partial charge in [0.1, 0.15) is 11.8 Å². The van der Waals surface area contributed by atoms with Gasteiger partial charge in [0, 0.05) is 17.8 Å². The van der Waals surface area contributed by atoms with Gasteiger partial charge in [0.05, 0.1) is 7.11 Å². The van der Waals surface area contributed by atoms with Gasteiger partial charge >= 0.3 is 0 Å². The van der Waals surface area contributed by atoms with E-state index in [9.17, 15) is 5.11 Å². The monoisotopic (exact) mass is 274 g/mol. The second-order valence-corrected chi connectivity index (χ2v) is 7.13. The van der Waals surface area contributed by atoms with Crippen molar-refractivity contribution in [3.63, 3.8) is 0 Å². The zero-order chi connectivity index (χ0) is 13.7. The summed E-state index contributed by atoms with van der Waals surface area (Å²) in [6.45, 7) is 0. The number of ether oxygens (including phenoxy) is 1. The van der Waals surface area contributed by atoms with Gasteiger partial charge in [-0.2, -0.15) is 0 Å². The number of methoxy groups -OCH3 is 1. The molecule has 0 saturated heterocycles. The molecule has 1 aromatic rings. The Labute approximate surface area is 119 Å². The summed E-state index contributed by atoms with van der Waals surface area (Å²) in [4.78, 5) is 8.57. The largest absolute Gasteiger partial charge is 0.480 e. The number of aliphatic hydroxyl groups is 1. The molecule has 0 aliphatic heterocycles. The average Bonchev–Trinajstić information content (AvgIpc) is 2.45. The highest BCUT2D eigenvalue weighted by Crippen LogP contribution is 2.64. The van der Waals surface area contributed by atoms with Crippen molar-refractivity contribution in [3.05, 3.63) is 18.1 Å². The van der Waals surface area contributed by atoms with Crippen molar-refractivity contribution < 1.29 is 9.84 Å². The third kappa shape index (κ3) is 1.77. The molecule has 4 fully saturated rings. The topological polar surface area (TPSA) is 55.2 Å². The Kier molecular flexibility index (Phi) is 2.78. The molecule has 1 unspecified atom stereocenters. The molecule has 4 bridgehead atoms. The van der Waals surface area contributed by atoms with E-state index in [-0.39, 0.29) is 5.41 Å². The highest BCUT2D eigenvalue weighted by Gasteiger charge is 2.55. The number of hydrogen-bond donors (Lipinski definition) is 1. The molecule has 4 heteroatoms. The fraction of sp³-hybridized carbons (Fsp3) is 0.750. The van der Waals surface area contributed by atoms with Gasteiger partial charge < -0.3 is 9.84 Å². The molecule has 1 N–H and O–H groups in total. The first kappa shape index (κ1) is 12.6. The number of hydrogen-bond acceptors (Lipinski definition) is 4. The molecule has 0 amide bonds. The molecule has 1 heterocycles. The van der Waals surface area contributed by atoms with E-state index in [4.69, 9.17) is 4.74 Å². The van der Waals surface area contributed by atoms with Crippen LogP contribution >= 0.6 is 0 Å². The lowest BCUT2D eigenvalue weighted by Crippen LogP contribution is -2.49. The molecule has 108 valence electrons. The van der Waals surface area contributed by atoms with E-state index in [0.717, 1.165) is 37.0 Å². The van der Waals surface area contributed by atoms with E-state index in [1.807, 2.05) is 0 Å². The van der Waals surface area contributed by atoms with Crippen LogP contribution in [0.3, 0.4) is 0 Å². The Morgan fingerprint density at radius 3 is 2.20 bits per heavy atom. The van der Waals surface area contributed by atoms with E-state index in [2.05, 4.69) is 9.97 Å². The molecular formula is C16H22N2O2. The van der Waals surface area contributed by atoms with Crippen LogP contribution in [-0.4, -0.2) is 22.2 Å². The fourth-order valence-electron chi connectivity index (χ4n) is 5.48. The van der Waals surface area contributed by atoms with Gasteiger partial charge in [-0.05, 0) is 56.3 Å². The Morgan fingerprint density at radius 1 is 1.10 bits per heavy atom. The number of aliphatic hydroxyl groups excluding tert-OH is 1. The molecule has 4 nitrogen and oxygen atoms in total. The van der Waals surface area contributed by atoms with Gasteiger partial charge in [-0.15, -0.1) is 0 Å². The van der Waals surface area contributed by atoms with Crippen molar-refractivity contribution in [1.29, 1.82) is 0 Å². The first-order valence-electron chi connectivity index (χ1n) is 7.73. The van der Waals surface area contributed by atoms with Crippen LogP contribution < -0.4 is 4.74 Å². The summed E-state index contributed by atoms with van der Waals surface area (Å²) < 4.78 is 5.30. The van der Waals surface area contributed by atoms with Crippen LogP contribution in [-0.2, 0) is 0 Å². The van der Waals surface area contributed by atoms with Crippen LogP contribution in [0.5, 0.6) is 5.88 Å². The van der Waals surface area contributed by atoms with Gasteiger partial charge in [-0.3, -0.25) is 4.98 Å². The van der Waals surface area contributed by atoms with Crippen molar-refractivity contribution in [1.82, 2.24) is 9.97 Å². The van der Waals surface area contributed by atoms with Crippen molar-refractivity contribution in [3.8, 4) is 5.88 Å². The van der Waals surface area contributed by atoms with Crippen molar-refractivity contribution in [2.75, 3.05) is 7.11 Å². The predicted molar refractivity (Wildman–Crippen MR) is 74.1 cm³/mol. The van der Waals surface area contributed by atoms with Crippen molar-refractivity contribution in [2.24, 2.45) is 23.2 Å². The minimum Gasteiger partial charge on any atom is -0.480 e. The molecule has 0 radical (unpaired) electrons. The van der Waals surface area contributed by atoms with Crippen molar-refractivity contribution >= 4 is 0 Å². The molecule has 1 atom stereocenters. The lowest BCUT2D eigenvalue weighted by atomic mass is 9.48. The van der Waals surface area contributed by atoms with Gasteiger partial charge in [0.2, 0.25) is 5.88 Å².